The maximum atomic E-state index is 14.3. The molecule has 0 radical (unpaired) electrons. The van der Waals surface area contributed by atoms with Crippen LogP contribution in [0.1, 0.15) is 45.6 Å². The van der Waals surface area contributed by atoms with Crippen molar-refractivity contribution < 1.29 is 18.4 Å². The molecule has 2 aromatic rings. The van der Waals surface area contributed by atoms with Gasteiger partial charge in [-0.05, 0) is 42.4 Å². The fourth-order valence-electron chi connectivity index (χ4n) is 3.51. The number of aryl methyl sites for hydroxylation is 2. The maximum Gasteiger partial charge on any atom is 0.367 e. The Kier molecular flexibility index (Phi) is 3.49. The van der Waals surface area contributed by atoms with Crippen LogP contribution in [-0.2, 0) is 30.0 Å². The molecule has 1 N–H and O–H groups in total. The van der Waals surface area contributed by atoms with Gasteiger partial charge < -0.3 is 5.32 Å². The number of aromatic nitrogens is 1. The molecule has 1 aromatic heterocycles. The Morgan fingerprint density at radius 3 is 2.79 bits per heavy atom. The van der Waals surface area contributed by atoms with E-state index in [4.69, 9.17) is 0 Å². The number of hydrogen-bond donors (Lipinski definition) is 1. The lowest BCUT2D eigenvalue weighted by atomic mass is 9.98. The third-order valence-corrected chi connectivity index (χ3v) is 5.25. The molecule has 124 valence electrons. The summed E-state index contributed by atoms with van der Waals surface area (Å²) in [6.07, 6.45) is 3.41. The molecular formula is C17H14F2N2O2S. The summed E-state index contributed by atoms with van der Waals surface area (Å²) >= 11 is 1.01. The molecule has 0 atom stereocenters. The van der Waals surface area contributed by atoms with Gasteiger partial charge in [0.2, 0.25) is 0 Å². The Morgan fingerprint density at radius 2 is 2.04 bits per heavy atom. The topological polar surface area (TPSA) is 59.1 Å². The summed E-state index contributed by atoms with van der Waals surface area (Å²) in [6, 6.07) is 2.00. The number of alkyl halides is 2. The number of anilines is 1. The Balaban J connectivity index is 1.75. The molecule has 2 aliphatic carbocycles. The molecule has 1 heterocycles. The maximum absolute atomic E-state index is 14.3. The highest BCUT2D eigenvalue weighted by atomic mass is 32.1. The Bertz CT molecular complexity index is 847. The number of ketones is 1. The van der Waals surface area contributed by atoms with Gasteiger partial charge >= 0.3 is 11.8 Å². The first-order valence-corrected chi connectivity index (χ1v) is 8.71. The van der Waals surface area contributed by atoms with Crippen LogP contribution in [-0.4, -0.2) is 16.7 Å². The number of halogens is 2. The first-order valence-electron chi connectivity index (χ1n) is 7.77. The van der Waals surface area contributed by atoms with Crippen molar-refractivity contribution in [2.24, 2.45) is 0 Å². The van der Waals surface area contributed by atoms with Crippen molar-refractivity contribution >= 4 is 28.7 Å². The van der Waals surface area contributed by atoms with E-state index in [1.165, 1.54) is 5.51 Å². The lowest BCUT2D eigenvalue weighted by molar-refractivity contribution is -0.141. The smallest absolute Gasteiger partial charge is 0.320 e. The summed E-state index contributed by atoms with van der Waals surface area (Å²) in [5.41, 5.74) is 4.13. The zero-order valence-corrected chi connectivity index (χ0v) is 13.5. The Morgan fingerprint density at radius 1 is 1.21 bits per heavy atom. The summed E-state index contributed by atoms with van der Waals surface area (Å²) < 4.78 is 28.6. The van der Waals surface area contributed by atoms with Crippen LogP contribution in [0, 0.1) is 0 Å². The molecule has 0 spiro atoms. The minimum atomic E-state index is -3.73. The normalized spacial score (nSPS) is 16.2. The van der Waals surface area contributed by atoms with Crippen LogP contribution in [0.3, 0.4) is 0 Å². The number of nitrogens with zero attached hydrogens (tertiary/aromatic N) is 1. The lowest BCUT2D eigenvalue weighted by Crippen LogP contribution is -2.33. The third-order valence-electron chi connectivity index (χ3n) is 4.66. The van der Waals surface area contributed by atoms with E-state index in [1.54, 1.807) is 0 Å². The molecule has 4 nitrogen and oxygen atoms in total. The molecule has 0 unspecified atom stereocenters. The van der Waals surface area contributed by atoms with E-state index in [0.29, 0.717) is 30.5 Å². The molecule has 1 aromatic carbocycles. The van der Waals surface area contributed by atoms with Crippen molar-refractivity contribution in [3.8, 4) is 0 Å². The van der Waals surface area contributed by atoms with Crippen LogP contribution in [0.2, 0.25) is 0 Å². The van der Waals surface area contributed by atoms with Crippen LogP contribution in [0.4, 0.5) is 14.5 Å². The summed E-state index contributed by atoms with van der Waals surface area (Å²) in [4.78, 5) is 28.0. The predicted octanol–water partition coefficient (Wildman–Crippen LogP) is 3.49. The molecule has 2 aliphatic rings. The monoisotopic (exact) mass is 348 g/mol. The van der Waals surface area contributed by atoms with Crippen LogP contribution in [0.25, 0.3) is 0 Å². The number of rotatable bonds is 3. The number of carbonyl (C=O) groups is 2. The SMILES string of the molecule is O=C1CCc2cc3c(c(NC(=O)C(F)(F)c4cscn4)c21)CCC3. The number of benzene rings is 1. The number of amides is 1. The minimum Gasteiger partial charge on any atom is -0.320 e. The van der Waals surface area contributed by atoms with Gasteiger partial charge in [0.25, 0.3) is 0 Å². The fourth-order valence-corrected chi connectivity index (χ4v) is 4.08. The first kappa shape index (κ1) is 15.4. The van der Waals surface area contributed by atoms with Gasteiger partial charge in [-0.2, -0.15) is 8.78 Å². The number of nitrogens with one attached hydrogen (secondary N) is 1. The molecule has 1 amide bonds. The fraction of sp³-hybridized carbons (Fsp3) is 0.353. The second-order valence-electron chi connectivity index (χ2n) is 6.10. The van der Waals surface area contributed by atoms with Crippen molar-refractivity contribution in [1.29, 1.82) is 0 Å². The summed E-state index contributed by atoms with van der Waals surface area (Å²) in [5.74, 6) is -5.25. The van der Waals surface area contributed by atoms with E-state index in [-0.39, 0.29) is 5.78 Å². The molecule has 0 fully saturated rings. The number of thiazole rings is 1. The standard InChI is InChI=1S/C17H14F2N2O2S/c18-17(19,13-7-24-8-20-13)16(23)21-15-11-3-1-2-9(11)6-10-4-5-12(22)14(10)15/h6-8H,1-5H2,(H,21,23). The van der Waals surface area contributed by atoms with E-state index < -0.39 is 17.5 Å². The first-order chi connectivity index (χ1) is 11.5. The average Bonchev–Trinajstić information content (AvgIpc) is 3.27. The summed E-state index contributed by atoms with van der Waals surface area (Å²) in [7, 11) is 0. The van der Waals surface area contributed by atoms with Crippen LogP contribution >= 0.6 is 11.3 Å². The second kappa shape index (κ2) is 5.44. The summed E-state index contributed by atoms with van der Waals surface area (Å²) in [5, 5.41) is 3.51. The average molecular weight is 348 g/mol. The van der Waals surface area contributed by atoms with Gasteiger partial charge in [0.15, 0.2) is 5.78 Å². The van der Waals surface area contributed by atoms with Crippen molar-refractivity contribution in [2.75, 3.05) is 5.32 Å². The number of fused-ring (bicyclic) bond motifs is 2. The van der Waals surface area contributed by atoms with Gasteiger partial charge in [-0.15, -0.1) is 11.3 Å². The van der Waals surface area contributed by atoms with E-state index in [2.05, 4.69) is 10.3 Å². The van der Waals surface area contributed by atoms with Crippen LogP contribution in [0.5, 0.6) is 0 Å². The number of carbonyl (C=O) groups excluding carboxylic acids is 2. The van der Waals surface area contributed by atoms with Crippen LogP contribution < -0.4 is 5.32 Å². The van der Waals surface area contributed by atoms with Crippen molar-refractivity contribution in [3.05, 3.63) is 44.9 Å². The van der Waals surface area contributed by atoms with Gasteiger partial charge in [-0.25, -0.2) is 4.98 Å². The zero-order valence-electron chi connectivity index (χ0n) is 12.7. The molecular weight excluding hydrogens is 334 g/mol. The molecule has 0 bridgehead atoms. The highest BCUT2D eigenvalue weighted by Crippen LogP contribution is 2.40. The van der Waals surface area contributed by atoms with Crippen molar-refractivity contribution in [1.82, 2.24) is 4.98 Å². The Labute approximate surface area is 140 Å². The van der Waals surface area contributed by atoms with Gasteiger partial charge in [-0.3, -0.25) is 9.59 Å². The van der Waals surface area contributed by atoms with Gasteiger partial charge in [-0.1, -0.05) is 6.07 Å². The third kappa shape index (κ3) is 2.26. The van der Waals surface area contributed by atoms with Gasteiger partial charge in [0.1, 0.15) is 5.69 Å². The molecule has 24 heavy (non-hydrogen) atoms. The quantitative estimate of drug-likeness (QED) is 0.924. The van der Waals surface area contributed by atoms with Crippen molar-refractivity contribution in [2.45, 2.75) is 38.0 Å². The van der Waals surface area contributed by atoms with Gasteiger partial charge in [0.05, 0.1) is 11.2 Å². The molecule has 4 rings (SSSR count). The predicted molar refractivity (Wildman–Crippen MR) is 85.8 cm³/mol. The Hall–Kier alpha value is -2.15. The van der Waals surface area contributed by atoms with Crippen molar-refractivity contribution in [3.63, 3.8) is 0 Å². The highest BCUT2D eigenvalue weighted by molar-refractivity contribution is 7.07. The molecule has 0 aliphatic heterocycles. The molecule has 0 saturated carbocycles. The van der Waals surface area contributed by atoms with Crippen LogP contribution in [0.15, 0.2) is 17.0 Å². The van der Waals surface area contributed by atoms with E-state index in [0.717, 1.165) is 46.2 Å². The lowest BCUT2D eigenvalue weighted by Gasteiger charge is -2.18. The van der Waals surface area contributed by atoms with E-state index in [9.17, 15) is 18.4 Å². The van der Waals surface area contributed by atoms with Gasteiger partial charge in [0, 0.05) is 17.4 Å². The molecule has 7 heteroatoms. The van der Waals surface area contributed by atoms with E-state index in [1.807, 2.05) is 6.07 Å². The summed E-state index contributed by atoms with van der Waals surface area (Å²) in [6.45, 7) is 0. The van der Waals surface area contributed by atoms with E-state index >= 15 is 0 Å². The largest absolute Gasteiger partial charge is 0.367 e. The zero-order chi connectivity index (χ0) is 16.9. The second-order valence-corrected chi connectivity index (χ2v) is 6.82. The minimum absolute atomic E-state index is 0.0908. The number of hydrogen-bond acceptors (Lipinski definition) is 4. The number of Topliss-reactive ketones (excluding diaryl/α,β-unsaturated/α-hetero) is 1. The molecule has 0 saturated heterocycles. The highest BCUT2D eigenvalue weighted by Gasteiger charge is 2.44.